The summed E-state index contributed by atoms with van der Waals surface area (Å²) in [4.78, 5) is 0. The minimum Gasteiger partial charge on any atom is -1.00 e. The van der Waals surface area contributed by atoms with Crippen molar-refractivity contribution in [1.82, 2.24) is 0 Å². The van der Waals surface area contributed by atoms with E-state index in [-0.39, 0.29) is 51.0 Å². The zero-order valence-corrected chi connectivity index (χ0v) is 26.4. The summed E-state index contributed by atoms with van der Waals surface area (Å²) in [7, 11) is -1.10. The summed E-state index contributed by atoms with van der Waals surface area (Å²) in [6, 6.07) is 22.3. The molecule has 7 rings (SSSR count). The molecule has 35 heavy (non-hydrogen) atoms. The normalized spacial score (nSPS) is 16.2. The van der Waals surface area contributed by atoms with Crippen LogP contribution in [0, 0.1) is 13.8 Å². The van der Waals surface area contributed by atoms with E-state index in [4.69, 9.17) is 4.42 Å². The summed E-state index contributed by atoms with van der Waals surface area (Å²) in [5, 5.41) is 4.38. The Morgan fingerprint density at radius 2 is 1.60 bits per heavy atom. The van der Waals surface area contributed by atoms with Crippen LogP contribution < -0.4 is 24.8 Å². The Morgan fingerprint density at radius 3 is 2.20 bits per heavy atom. The van der Waals surface area contributed by atoms with E-state index >= 15 is 0 Å². The fraction of sp³-hybridized carbons (Fsp3) is 0.300. The molecule has 0 N–H and O–H groups in total. The van der Waals surface area contributed by atoms with E-state index in [1.807, 2.05) is 6.92 Å². The molecule has 0 amide bonds. The Kier molecular flexibility index (Phi) is 9.79. The average Bonchev–Trinajstić information content (AvgIpc) is 3.42. The van der Waals surface area contributed by atoms with Gasteiger partial charge in [0, 0.05) is 11.1 Å². The van der Waals surface area contributed by atoms with Crippen LogP contribution in [0.4, 0.5) is 0 Å². The van der Waals surface area contributed by atoms with Gasteiger partial charge in [-0.2, -0.15) is 6.07 Å². The number of halogens is 2. The van der Waals surface area contributed by atoms with Crippen LogP contribution in [0.3, 0.4) is 0 Å². The molecule has 0 spiro atoms. The first kappa shape index (κ1) is 30.0. The predicted octanol–water partition coefficient (Wildman–Crippen LogP) is 2.75. The quantitative estimate of drug-likeness (QED) is 0.261. The van der Waals surface area contributed by atoms with Gasteiger partial charge in [0.05, 0.1) is 8.07 Å². The number of benzene rings is 2. The van der Waals surface area contributed by atoms with Crippen LogP contribution in [-0.2, 0) is 32.6 Å². The number of allylic oxidation sites excluding steroid dienone is 1. The van der Waals surface area contributed by atoms with Crippen LogP contribution in [0.2, 0.25) is 13.1 Å². The number of hydrogen-bond donors (Lipinski definition) is 0. The smallest absolute Gasteiger partial charge is 1.00 e. The van der Waals surface area contributed by atoms with Crippen LogP contribution >= 0.6 is 0 Å². The molecule has 2 aliphatic heterocycles. The SMILES string of the molecule is CC1=C2c3cc(C)oc3C1[Si]2(C)C.CCCc1ccc(-c2cccc3[cH-]c(C)cc23)cc1.[Cl-].[Cl-].[Zr+3]. The van der Waals surface area contributed by atoms with Gasteiger partial charge in [-0.3, -0.25) is 0 Å². The van der Waals surface area contributed by atoms with E-state index < -0.39 is 8.07 Å². The number of hydrogen-bond acceptors (Lipinski definition) is 1. The molecule has 0 saturated heterocycles. The third-order valence-electron chi connectivity index (χ3n) is 7.31. The van der Waals surface area contributed by atoms with E-state index in [1.54, 1.807) is 10.8 Å². The topological polar surface area (TPSA) is 13.1 Å². The summed E-state index contributed by atoms with van der Waals surface area (Å²) in [5.41, 5.74) is 9.15. The fourth-order valence-corrected chi connectivity index (χ4v) is 10.3. The predicted molar refractivity (Wildman–Crippen MR) is 140 cm³/mol. The molecule has 0 fully saturated rings. The second-order valence-electron chi connectivity index (χ2n) is 10.1. The average molecular weight is 600 g/mol. The summed E-state index contributed by atoms with van der Waals surface area (Å²) in [6.45, 7) is 13.6. The maximum Gasteiger partial charge on any atom is 3.00 e. The second kappa shape index (κ2) is 11.4. The Balaban J connectivity index is 0.000000239. The van der Waals surface area contributed by atoms with E-state index in [1.165, 1.54) is 57.2 Å². The minimum atomic E-state index is -1.10. The van der Waals surface area contributed by atoms with Gasteiger partial charge in [0.1, 0.15) is 11.5 Å². The molecule has 1 radical (unpaired) electrons. The van der Waals surface area contributed by atoms with E-state index in [0.29, 0.717) is 5.54 Å². The van der Waals surface area contributed by atoms with Crippen LogP contribution in [-0.4, -0.2) is 8.07 Å². The summed E-state index contributed by atoms with van der Waals surface area (Å²) >= 11 is 0. The first-order chi connectivity index (χ1) is 15.3. The van der Waals surface area contributed by atoms with E-state index in [9.17, 15) is 0 Å². The van der Waals surface area contributed by atoms with Crippen LogP contribution in [0.1, 0.15) is 54.0 Å². The molecule has 1 aliphatic carbocycles. The molecule has 1 nitrogen and oxygen atoms in total. The van der Waals surface area contributed by atoms with Crippen molar-refractivity contribution in [3.8, 4) is 11.1 Å². The van der Waals surface area contributed by atoms with Gasteiger partial charge in [0.15, 0.2) is 0 Å². The largest absolute Gasteiger partial charge is 3.00 e. The standard InChI is InChI=1S/C19H19.C11H14OSi.2ClH.Zr/c1-3-5-15-8-10-16(11-9-15)18-7-4-6-17-12-14(2)13-19(17)18;1-6-5-8-9(12-6)11-7(2)10(8)13(11,3)4;;;/h4,6-13H,3,5H2,1-2H3;5,11H,1-4H3;2*1H;/q-1;;;;+3/p-2. The van der Waals surface area contributed by atoms with Crippen LogP contribution in [0.5, 0.6) is 0 Å². The summed E-state index contributed by atoms with van der Waals surface area (Å²) in [6.07, 6.45) is 2.37. The number of rotatable bonds is 3. The van der Waals surface area contributed by atoms with Crippen molar-refractivity contribution in [1.29, 1.82) is 0 Å². The second-order valence-corrected chi connectivity index (χ2v) is 14.7. The van der Waals surface area contributed by atoms with Crippen molar-refractivity contribution in [2.75, 3.05) is 0 Å². The van der Waals surface area contributed by atoms with E-state index in [2.05, 4.69) is 94.5 Å². The molecule has 3 aromatic carbocycles. The number of aryl methyl sites for hydroxylation is 3. The molecule has 2 bridgehead atoms. The summed E-state index contributed by atoms with van der Waals surface area (Å²) < 4.78 is 5.78. The Hall–Kier alpha value is -1.25. The molecule has 1 atom stereocenters. The van der Waals surface area contributed by atoms with Gasteiger partial charge >= 0.3 is 26.2 Å². The first-order valence-electron chi connectivity index (χ1n) is 11.9. The molecular weight excluding hydrogens is 567 g/mol. The van der Waals surface area contributed by atoms with Crippen molar-refractivity contribution in [3.05, 3.63) is 94.4 Å². The monoisotopic (exact) mass is 597 g/mol. The van der Waals surface area contributed by atoms with Gasteiger partial charge in [0.25, 0.3) is 0 Å². The Morgan fingerprint density at radius 1 is 0.914 bits per heavy atom. The van der Waals surface area contributed by atoms with E-state index in [0.717, 1.165) is 5.76 Å². The van der Waals surface area contributed by atoms with Gasteiger partial charge < -0.3 is 29.2 Å². The molecule has 0 saturated carbocycles. The van der Waals surface area contributed by atoms with Crippen LogP contribution in [0.25, 0.3) is 27.1 Å². The van der Waals surface area contributed by atoms with Gasteiger partial charge in [-0.25, -0.2) is 0 Å². The summed E-state index contributed by atoms with van der Waals surface area (Å²) in [5.74, 6) is 2.35. The zero-order chi connectivity index (χ0) is 22.6. The molecular formula is C30H33Cl2OSiZr. The molecule has 5 heteroatoms. The zero-order valence-electron chi connectivity index (χ0n) is 21.4. The third-order valence-corrected chi connectivity index (χ3v) is 11.4. The fourth-order valence-electron chi connectivity index (χ4n) is 6.06. The van der Waals surface area contributed by atoms with Gasteiger partial charge in [-0.1, -0.05) is 74.8 Å². The van der Waals surface area contributed by atoms with Gasteiger partial charge in [-0.05, 0) is 42.7 Å². The number of fused-ring (bicyclic) bond motifs is 1. The van der Waals surface area contributed by atoms with Crippen molar-refractivity contribution < 1.29 is 55.4 Å². The minimum absolute atomic E-state index is 0. The van der Waals surface area contributed by atoms with Gasteiger partial charge in [0.2, 0.25) is 0 Å². The molecule has 1 unspecified atom stereocenters. The molecule has 181 valence electrons. The maximum atomic E-state index is 5.78. The van der Waals surface area contributed by atoms with Crippen molar-refractivity contribution in [2.45, 2.75) is 59.2 Å². The molecule has 3 heterocycles. The molecule has 1 aromatic heterocycles. The third kappa shape index (κ3) is 5.12. The van der Waals surface area contributed by atoms with Crippen molar-refractivity contribution in [2.24, 2.45) is 0 Å². The van der Waals surface area contributed by atoms with Crippen molar-refractivity contribution in [3.63, 3.8) is 0 Å². The molecule has 4 aromatic rings. The maximum absolute atomic E-state index is 5.78. The molecule has 3 aliphatic rings. The number of furan rings is 1. The Labute approximate surface area is 242 Å². The van der Waals surface area contributed by atoms with Crippen LogP contribution in [0.15, 0.2) is 70.7 Å². The van der Waals surface area contributed by atoms with Gasteiger partial charge in [-0.15, -0.1) is 34.5 Å². The first-order valence-corrected chi connectivity index (χ1v) is 15.0. The Bertz CT molecular complexity index is 1340. The van der Waals surface area contributed by atoms with Crippen molar-refractivity contribution >= 4 is 24.0 Å².